The zero-order chi connectivity index (χ0) is 44.0. The van der Waals surface area contributed by atoms with Gasteiger partial charge in [-0.3, -0.25) is 24.0 Å². The van der Waals surface area contributed by atoms with E-state index in [0.29, 0.717) is 6.42 Å². The maximum Gasteiger partial charge on any atom is 0.316 e. The normalized spacial score (nSPS) is 36.9. The Bertz CT molecular complexity index is 2160. The van der Waals surface area contributed by atoms with Gasteiger partial charge in [0.25, 0.3) is 0 Å². The van der Waals surface area contributed by atoms with E-state index >= 15 is 0 Å². The Kier molecular flexibility index (Phi) is 11.4. The molecule has 0 bridgehead atoms. The third-order valence-electron chi connectivity index (χ3n) is 12.8. The number of phenols is 3. The molecule has 18 heteroatoms. The molecule has 2 aromatic rings. The van der Waals surface area contributed by atoms with E-state index in [-0.39, 0.29) is 35.8 Å². The Hall–Kier alpha value is -4.37. The highest BCUT2D eigenvalue weighted by molar-refractivity contribution is 6.31. The molecule has 0 spiro atoms. The number of aliphatic hydroxyl groups is 1. The van der Waals surface area contributed by atoms with Gasteiger partial charge in [-0.15, -0.1) is 0 Å². The molecule has 4 fully saturated rings. The molecule has 4 heterocycles. The van der Waals surface area contributed by atoms with E-state index in [0.717, 1.165) is 25.3 Å². The Labute approximate surface area is 350 Å². The number of aromatic hydroxyl groups is 3. The molecule has 0 aromatic heterocycles. The molecule has 2 aromatic carbocycles. The van der Waals surface area contributed by atoms with Crippen LogP contribution in [0, 0.1) is 0 Å². The molecule has 6 aliphatic rings. The number of ketones is 4. The van der Waals surface area contributed by atoms with Crippen LogP contribution in [0.4, 0.5) is 0 Å². The Balaban J connectivity index is 1.09. The van der Waals surface area contributed by atoms with E-state index in [1.807, 2.05) is 25.9 Å². The third-order valence-corrected chi connectivity index (χ3v) is 12.8. The van der Waals surface area contributed by atoms with Crippen LogP contribution >= 0.6 is 0 Å². The van der Waals surface area contributed by atoms with E-state index in [2.05, 4.69) is 0 Å². The van der Waals surface area contributed by atoms with E-state index < -0.39 is 155 Å². The SMILES string of the molecule is COC(=O)[C@H]1c2cc3c(c(O)c2[C@H](O[C@H]2C[C@@H](N(C)C)[C@H](O[C@H]4C[C@H]5O[C@H]6CC(=O)[C@@H](C)O[C@@H]6O[C@H]5[C@@H](C)O4)[C@@H](C)O2)C[C@]1(O)CC(C)=O)C(=O)c1c(O)ccc(O)c1C3=O. The number of methoxy groups -OCH3 is 1. The molecule has 8 rings (SSSR count). The second kappa shape index (κ2) is 16.1. The fourth-order valence-electron chi connectivity index (χ4n) is 10.0. The summed E-state index contributed by atoms with van der Waals surface area (Å²) in [4.78, 5) is 68.6. The molecule has 4 saturated heterocycles. The highest BCUT2D eigenvalue weighted by Gasteiger charge is 2.55. The fourth-order valence-corrected chi connectivity index (χ4v) is 10.0. The van der Waals surface area contributed by atoms with Crippen molar-refractivity contribution in [3.05, 3.63) is 51.6 Å². The second-order valence-electron chi connectivity index (χ2n) is 17.2. The summed E-state index contributed by atoms with van der Waals surface area (Å²) in [5, 5.41) is 45.6. The number of rotatable bonds is 8. The summed E-state index contributed by atoms with van der Waals surface area (Å²) in [6.45, 7) is 6.56. The lowest BCUT2D eigenvalue weighted by molar-refractivity contribution is -0.371. The van der Waals surface area contributed by atoms with Gasteiger partial charge >= 0.3 is 5.97 Å². The number of ether oxygens (including phenoxy) is 8. The first-order chi connectivity index (χ1) is 28.8. The summed E-state index contributed by atoms with van der Waals surface area (Å²) in [6, 6.07) is 2.86. The first kappa shape index (κ1) is 43.3. The predicted molar refractivity (Wildman–Crippen MR) is 206 cm³/mol. The molecule has 0 unspecified atom stereocenters. The molecule has 14 atom stereocenters. The van der Waals surface area contributed by atoms with Crippen molar-refractivity contribution >= 4 is 29.1 Å². The van der Waals surface area contributed by atoms with E-state index in [1.54, 1.807) is 13.8 Å². The molecule has 2 aliphatic carbocycles. The summed E-state index contributed by atoms with van der Waals surface area (Å²) >= 11 is 0. The highest BCUT2D eigenvalue weighted by atomic mass is 16.8. The van der Waals surface area contributed by atoms with Crippen LogP contribution in [0.1, 0.15) is 115 Å². The van der Waals surface area contributed by atoms with Gasteiger partial charge in [0.15, 0.2) is 30.4 Å². The molecule has 0 amide bonds. The van der Waals surface area contributed by atoms with Crippen molar-refractivity contribution in [3.63, 3.8) is 0 Å². The predicted octanol–water partition coefficient (Wildman–Crippen LogP) is 2.45. The Morgan fingerprint density at radius 2 is 1.51 bits per heavy atom. The fraction of sp³-hybridized carbons (Fsp3) is 0.605. The van der Waals surface area contributed by atoms with Crippen LogP contribution in [0.5, 0.6) is 17.2 Å². The number of carbonyl (C=O) groups excluding carboxylic acids is 5. The largest absolute Gasteiger partial charge is 0.507 e. The maximum atomic E-state index is 14.0. The van der Waals surface area contributed by atoms with Crippen LogP contribution in [0.3, 0.4) is 0 Å². The van der Waals surface area contributed by atoms with Gasteiger partial charge in [0.05, 0.1) is 53.8 Å². The van der Waals surface area contributed by atoms with Crippen LogP contribution in [0.25, 0.3) is 0 Å². The smallest absolute Gasteiger partial charge is 0.316 e. The first-order valence-electron chi connectivity index (χ1n) is 20.4. The summed E-state index contributed by atoms with van der Waals surface area (Å²) < 4.78 is 49.4. The molecule has 0 saturated carbocycles. The zero-order valence-corrected chi connectivity index (χ0v) is 34.8. The van der Waals surface area contributed by atoms with Gasteiger partial charge in [0.2, 0.25) is 5.78 Å². The quantitative estimate of drug-likeness (QED) is 0.188. The van der Waals surface area contributed by atoms with Crippen molar-refractivity contribution in [2.75, 3.05) is 21.2 Å². The van der Waals surface area contributed by atoms with Gasteiger partial charge in [-0.2, -0.15) is 0 Å². The van der Waals surface area contributed by atoms with Crippen LogP contribution in [0.2, 0.25) is 0 Å². The van der Waals surface area contributed by atoms with Crippen LogP contribution in [-0.2, 0) is 52.3 Å². The minimum atomic E-state index is -2.17. The minimum Gasteiger partial charge on any atom is -0.507 e. The number of phenolic OH excluding ortho intramolecular Hbond substituents is 3. The van der Waals surface area contributed by atoms with E-state index in [4.69, 9.17) is 37.9 Å². The molecular weight excluding hydrogens is 802 g/mol. The molecule has 4 aliphatic heterocycles. The Morgan fingerprint density at radius 1 is 0.852 bits per heavy atom. The molecule has 18 nitrogen and oxygen atoms in total. The third kappa shape index (κ3) is 7.44. The topological polar surface area (TPSA) is 243 Å². The number of nitrogens with zero attached hydrogens (tertiary/aromatic N) is 1. The maximum absolute atomic E-state index is 14.0. The van der Waals surface area contributed by atoms with Crippen molar-refractivity contribution in [1.82, 2.24) is 4.90 Å². The molecular formula is C43H51NO17. The first-order valence-corrected chi connectivity index (χ1v) is 20.4. The van der Waals surface area contributed by atoms with Crippen molar-refractivity contribution in [3.8, 4) is 17.2 Å². The molecule has 0 radical (unpaired) electrons. The van der Waals surface area contributed by atoms with Crippen LogP contribution in [0.15, 0.2) is 18.2 Å². The number of Topliss-reactive ketones (excluding diaryl/α,β-unsaturated/α-hetero) is 2. The lowest BCUT2D eigenvalue weighted by Gasteiger charge is -2.51. The number of esters is 1. The van der Waals surface area contributed by atoms with E-state index in [9.17, 15) is 44.4 Å². The lowest BCUT2D eigenvalue weighted by Crippen LogP contribution is -2.62. The van der Waals surface area contributed by atoms with E-state index in [1.165, 1.54) is 6.92 Å². The monoisotopic (exact) mass is 853 g/mol. The summed E-state index contributed by atoms with van der Waals surface area (Å²) in [6.07, 6.45) is -7.93. The van der Waals surface area contributed by atoms with Crippen LogP contribution in [-0.4, -0.2) is 149 Å². The molecule has 61 heavy (non-hydrogen) atoms. The summed E-state index contributed by atoms with van der Waals surface area (Å²) in [7, 11) is 4.78. The van der Waals surface area contributed by atoms with Gasteiger partial charge < -0.3 is 63.2 Å². The van der Waals surface area contributed by atoms with Gasteiger partial charge in [-0.25, -0.2) is 0 Å². The number of fused-ring (bicyclic) bond motifs is 5. The zero-order valence-electron chi connectivity index (χ0n) is 34.8. The summed E-state index contributed by atoms with van der Waals surface area (Å²) in [5.74, 6) is -7.04. The Morgan fingerprint density at radius 3 is 2.16 bits per heavy atom. The minimum absolute atomic E-state index is 0.0658. The average Bonchev–Trinajstić information content (AvgIpc) is 3.17. The highest BCUT2D eigenvalue weighted by Crippen LogP contribution is 2.54. The van der Waals surface area contributed by atoms with Crippen molar-refractivity contribution < 1.29 is 82.3 Å². The lowest BCUT2D eigenvalue weighted by atomic mass is 9.66. The van der Waals surface area contributed by atoms with Gasteiger partial charge in [0.1, 0.15) is 53.4 Å². The number of benzene rings is 2. The standard InChI is InChI=1S/C43H51NO17/c1-16(45)14-43(53)15-28(31-20(35(43)41(52)54-7)10-21-32(37(31)50)38(51)34-24(47)9-8-23(46)33(34)36(21)49)59-29-11-22(44(5)6)39(18(3)55-29)60-30-13-26-40(19(4)56-30)61-42-27(58-26)12-25(48)17(2)57-42/h8-10,17-19,22,26-30,35,39-40,42,46-47,50,53H,11-15H2,1-7H3/t17-,18-,19-,22-,26-,27+,28-,29+,30+,35-,39-,40+,42-,43-/m1/s1. The van der Waals surface area contributed by atoms with Crippen molar-refractivity contribution in [2.24, 2.45) is 0 Å². The summed E-state index contributed by atoms with van der Waals surface area (Å²) in [5.41, 5.74) is -4.37. The van der Waals surface area contributed by atoms with Crippen LogP contribution < -0.4 is 0 Å². The second-order valence-corrected chi connectivity index (χ2v) is 17.2. The van der Waals surface area contributed by atoms with Gasteiger partial charge in [0, 0.05) is 49.3 Å². The number of likely N-dealkylation sites (N-methyl/N-ethyl adjacent to an activating group) is 1. The average molecular weight is 854 g/mol. The van der Waals surface area contributed by atoms with Crippen molar-refractivity contribution in [2.45, 2.75) is 145 Å². The molecule has 4 N–H and O–H groups in total. The molecule has 330 valence electrons. The number of hydrogen-bond acceptors (Lipinski definition) is 18. The van der Waals surface area contributed by atoms with Gasteiger partial charge in [-0.1, -0.05) is 0 Å². The number of carbonyl (C=O) groups is 5. The van der Waals surface area contributed by atoms with Gasteiger partial charge in [-0.05, 0) is 65.6 Å². The van der Waals surface area contributed by atoms with Crippen molar-refractivity contribution in [1.29, 1.82) is 0 Å². The number of hydrogen-bond donors (Lipinski definition) is 4.